The van der Waals surface area contributed by atoms with Crippen LogP contribution in [0, 0.1) is 72.2 Å². The third-order valence-corrected chi connectivity index (χ3v) is 3.73. The molecule has 1 aliphatic rings. The van der Waals surface area contributed by atoms with E-state index in [1.54, 1.807) is 24.3 Å². The molecular weight excluding hydrogens is 286 g/mol. The highest BCUT2D eigenvalue weighted by Gasteiger charge is 2.84. The average Bonchev–Trinajstić information content (AvgIpc) is 3.16. The zero-order chi connectivity index (χ0) is 16.5. The summed E-state index contributed by atoms with van der Waals surface area (Å²) in [6, 6.07) is 10.9. The number of Topliss-reactive ketones (excluding diaryl/α,β-unsaturated/α-hetero) is 1. The van der Waals surface area contributed by atoms with Crippen LogP contribution in [-0.2, 0) is 0 Å². The number of nitriles is 4. The standard InChI is InChI=1S/C14H5N5O3/c15-5-13(6-16)12(14(13,7-17)8-18)11(20)9-1-3-10(4-2-9)19(21)22/h1-4,12H. The van der Waals surface area contributed by atoms with E-state index in [9.17, 15) is 14.9 Å². The number of carbonyl (C=O) groups is 1. The highest BCUT2D eigenvalue weighted by molar-refractivity contribution is 6.03. The van der Waals surface area contributed by atoms with Crippen molar-refractivity contribution >= 4 is 11.5 Å². The van der Waals surface area contributed by atoms with Crippen LogP contribution in [0.5, 0.6) is 0 Å². The van der Waals surface area contributed by atoms with Crippen LogP contribution in [-0.4, -0.2) is 10.7 Å². The Balaban J connectivity index is 2.45. The number of non-ortho nitro benzene ring substituents is 1. The topological polar surface area (TPSA) is 155 Å². The van der Waals surface area contributed by atoms with Crippen LogP contribution < -0.4 is 0 Å². The Morgan fingerprint density at radius 3 is 1.73 bits per heavy atom. The summed E-state index contributed by atoms with van der Waals surface area (Å²) in [5.41, 5.74) is -4.27. The maximum absolute atomic E-state index is 12.4. The molecule has 0 radical (unpaired) electrons. The number of hydrogen-bond acceptors (Lipinski definition) is 7. The quantitative estimate of drug-likeness (QED) is 0.463. The van der Waals surface area contributed by atoms with Gasteiger partial charge in [0.2, 0.25) is 0 Å². The first kappa shape index (κ1) is 14.7. The fraction of sp³-hybridized carbons (Fsp3) is 0.214. The van der Waals surface area contributed by atoms with Crippen LogP contribution in [0.3, 0.4) is 0 Å². The molecule has 0 amide bonds. The predicted molar refractivity (Wildman–Crippen MR) is 68.2 cm³/mol. The van der Waals surface area contributed by atoms with Gasteiger partial charge in [-0.05, 0) is 12.1 Å². The van der Waals surface area contributed by atoms with Gasteiger partial charge in [0.15, 0.2) is 16.6 Å². The summed E-state index contributed by atoms with van der Waals surface area (Å²) in [7, 11) is 0. The summed E-state index contributed by atoms with van der Waals surface area (Å²) in [5, 5.41) is 47.1. The van der Waals surface area contributed by atoms with Crippen LogP contribution in [0.25, 0.3) is 0 Å². The Kier molecular flexibility index (Phi) is 3.11. The first-order valence-electron chi connectivity index (χ1n) is 5.87. The lowest BCUT2D eigenvalue weighted by atomic mass is 9.98. The van der Waals surface area contributed by atoms with Crippen molar-refractivity contribution < 1.29 is 9.72 Å². The number of rotatable bonds is 3. The smallest absolute Gasteiger partial charge is 0.269 e. The molecule has 0 N–H and O–H groups in total. The predicted octanol–water partition coefficient (Wildman–Crippen LogP) is 1.47. The average molecular weight is 291 g/mol. The molecule has 8 nitrogen and oxygen atoms in total. The third kappa shape index (κ3) is 1.56. The van der Waals surface area contributed by atoms with E-state index < -0.39 is 27.5 Å². The van der Waals surface area contributed by atoms with Gasteiger partial charge in [-0.3, -0.25) is 14.9 Å². The Bertz CT molecular complexity index is 779. The minimum Gasteiger partial charge on any atom is -0.294 e. The van der Waals surface area contributed by atoms with Crippen molar-refractivity contribution in [2.75, 3.05) is 0 Å². The van der Waals surface area contributed by atoms with E-state index in [2.05, 4.69) is 0 Å². The Hall–Kier alpha value is -3.75. The molecule has 8 heteroatoms. The van der Waals surface area contributed by atoms with Crippen LogP contribution in [0.1, 0.15) is 10.4 Å². The minimum atomic E-state index is -2.02. The van der Waals surface area contributed by atoms with Gasteiger partial charge >= 0.3 is 0 Å². The van der Waals surface area contributed by atoms with Crippen molar-refractivity contribution in [3.63, 3.8) is 0 Å². The molecule has 104 valence electrons. The van der Waals surface area contributed by atoms with Gasteiger partial charge in [0.25, 0.3) is 5.69 Å². The Morgan fingerprint density at radius 2 is 1.41 bits per heavy atom. The van der Waals surface area contributed by atoms with Gasteiger partial charge in [-0.25, -0.2) is 0 Å². The lowest BCUT2D eigenvalue weighted by Gasteiger charge is -1.99. The Labute approximate surface area is 124 Å². The number of benzene rings is 1. The largest absolute Gasteiger partial charge is 0.294 e. The van der Waals surface area contributed by atoms with Crippen LogP contribution >= 0.6 is 0 Å². The van der Waals surface area contributed by atoms with Gasteiger partial charge in [-0.15, -0.1) is 0 Å². The summed E-state index contributed by atoms with van der Waals surface area (Å²) in [6.45, 7) is 0. The molecule has 1 aromatic carbocycles. The molecule has 1 saturated carbocycles. The first-order chi connectivity index (χ1) is 10.4. The van der Waals surface area contributed by atoms with E-state index in [1.807, 2.05) is 0 Å². The van der Waals surface area contributed by atoms with Gasteiger partial charge in [0, 0.05) is 17.7 Å². The van der Waals surface area contributed by atoms with Crippen LogP contribution in [0.2, 0.25) is 0 Å². The van der Waals surface area contributed by atoms with E-state index in [-0.39, 0.29) is 11.3 Å². The van der Waals surface area contributed by atoms with Gasteiger partial charge in [0.05, 0.1) is 35.1 Å². The highest BCUT2D eigenvalue weighted by atomic mass is 16.6. The molecule has 0 bridgehead atoms. The number of nitrogens with zero attached hydrogens (tertiary/aromatic N) is 5. The van der Waals surface area contributed by atoms with Gasteiger partial charge in [-0.2, -0.15) is 21.0 Å². The molecule has 1 fully saturated rings. The molecular formula is C14H5N5O3. The molecule has 0 atom stereocenters. The lowest BCUT2D eigenvalue weighted by molar-refractivity contribution is -0.384. The van der Waals surface area contributed by atoms with E-state index >= 15 is 0 Å². The fourth-order valence-electron chi connectivity index (χ4n) is 2.44. The van der Waals surface area contributed by atoms with E-state index in [4.69, 9.17) is 21.0 Å². The number of nitro groups is 1. The second-order valence-corrected chi connectivity index (χ2v) is 4.66. The molecule has 0 saturated heterocycles. The highest BCUT2D eigenvalue weighted by Crippen LogP contribution is 2.68. The number of hydrogen-bond donors (Lipinski definition) is 0. The monoisotopic (exact) mass is 291 g/mol. The molecule has 22 heavy (non-hydrogen) atoms. The van der Waals surface area contributed by atoms with Crippen molar-refractivity contribution in [2.24, 2.45) is 16.7 Å². The van der Waals surface area contributed by atoms with Crippen LogP contribution in [0.15, 0.2) is 24.3 Å². The summed E-state index contributed by atoms with van der Waals surface area (Å²) >= 11 is 0. The maximum atomic E-state index is 12.4. The molecule has 1 aromatic rings. The van der Waals surface area contributed by atoms with Crippen molar-refractivity contribution in [1.29, 1.82) is 21.0 Å². The number of carbonyl (C=O) groups excluding carboxylic acids is 1. The second kappa shape index (κ2) is 4.66. The maximum Gasteiger partial charge on any atom is 0.269 e. The molecule has 0 spiro atoms. The lowest BCUT2D eigenvalue weighted by Crippen LogP contribution is -2.09. The molecule has 0 aromatic heterocycles. The zero-order valence-corrected chi connectivity index (χ0v) is 10.8. The van der Waals surface area contributed by atoms with Gasteiger partial charge in [0.1, 0.15) is 0 Å². The van der Waals surface area contributed by atoms with Crippen molar-refractivity contribution in [3.05, 3.63) is 39.9 Å². The minimum absolute atomic E-state index is 0.00199. The summed E-state index contributed by atoms with van der Waals surface area (Å²) in [4.78, 5) is 22.3. The molecule has 0 unspecified atom stereocenters. The van der Waals surface area contributed by atoms with Gasteiger partial charge in [-0.1, -0.05) is 0 Å². The summed E-state index contributed by atoms with van der Waals surface area (Å²) in [5.74, 6) is -2.13. The molecule has 0 heterocycles. The zero-order valence-electron chi connectivity index (χ0n) is 10.8. The first-order valence-corrected chi connectivity index (χ1v) is 5.87. The van der Waals surface area contributed by atoms with E-state index in [0.29, 0.717) is 0 Å². The van der Waals surface area contributed by atoms with E-state index in [0.717, 1.165) is 24.3 Å². The molecule has 2 rings (SSSR count). The van der Waals surface area contributed by atoms with Crippen molar-refractivity contribution in [2.45, 2.75) is 0 Å². The van der Waals surface area contributed by atoms with Crippen molar-refractivity contribution in [1.82, 2.24) is 0 Å². The second-order valence-electron chi connectivity index (χ2n) is 4.66. The van der Waals surface area contributed by atoms with E-state index in [1.165, 1.54) is 0 Å². The van der Waals surface area contributed by atoms with Crippen molar-refractivity contribution in [3.8, 4) is 24.3 Å². The van der Waals surface area contributed by atoms with Crippen LogP contribution in [0.4, 0.5) is 5.69 Å². The Morgan fingerprint density at radius 1 is 1.00 bits per heavy atom. The third-order valence-electron chi connectivity index (χ3n) is 3.73. The molecule has 0 aliphatic heterocycles. The number of nitro benzene ring substituents is 1. The fourth-order valence-corrected chi connectivity index (χ4v) is 2.44. The number of ketones is 1. The van der Waals surface area contributed by atoms with Gasteiger partial charge < -0.3 is 0 Å². The SMILES string of the molecule is N#CC1(C#N)C(C(=O)c2ccc([N+](=O)[O-])cc2)C1(C#N)C#N. The summed E-state index contributed by atoms with van der Waals surface area (Å²) < 4.78 is 0. The summed E-state index contributed by atoms with van der Waals surface area (Å²) in [6.07, 6.45) is 0. The normalized spacial score (nSPS) is 17.1. The molecule has 1 aliphatic carbocycles.